The highest BCUT2D eigenvalue weighted by Crippen LogP contribution is 2.10. The Morgan fingerprint density at radius 1 is 1.38 bits per heavy atom. The molecule has 0 spiro atoms. The Morgan fingerprint density at radius 3 is 2.86 bits per heavy atom. The number of aryl methyl sites for hydroxylation is 1. The summed E-state index contributed by atoms with van der Waals surface area (Å²) in [7, 11) is 0. The van der Waals surface area contributed by atoms with Crippen molar-refractivity contribution < 1.29 is 9.90 Å². The van der Waals surface area contributed by atoms with Crippen LogP contribution in [0.3, 0.4) is 0 Å². The van der Waals surface area contributed by atoms with Crippen molar-refractivity contribution in [1.29, 1.82) is 0 Å². The van der Waals surface area contributed by atoms with Crippen molar-refractivity contribution in [2.75, 3.05) is 6.54 Å². The molecule has 1 atom stereocenters. The normalized spacial score (nSPS) is 12.1. The fourth-order valence-electron chi connectivity index (χ4n) is 1.97. The third-order valence-electron chi connectivity index (χ3n) is 3.11. The number of amides is 1. The Hall–Kier alpha value is -2.21. The molecule has 1 heterocycles. The summed E-state index contributed by atoms with van der Waals surface area (Å²) in [6.07, 6.45) is 2.69. The molecule has 0 aliphatic heterocycles. The highest BCUT2D eigenvalue weighted by molar-refractivity contribution is 5.76. The van der Waals surface area contributed by atoms with Crippen LogP contribution >= 0.6 is 0 Å². The molecule has 0 aliphatic rings. The number of para-hydroxylation sites is 1. The molecule has 2 aromatic rings. The van der Waals surface area contributed by atoms with E-state index in [4.69, 9.17) is 5.11 Å². The number of nitrogens with zero attached hydrogens (tertiary/aromatic N) is 3. The van der Waals surface area contributed by atoms with E-state index in [-0.39, 0.29) is 5.91 Å². The van der Waals surface area contributed by atoms with Gasteiger partial charge < -0.3 is 10.4 Å². The van der Waals surface area contributed by atoms with Crippen LogP contribution in [0.5, 0.6) is 0 Å². The van der Waals surface area contributed by atoms with Gasteiger partial charge in [-0.1, -0.05) is 18.2 Å². The van der Waals surface area contributed by atoms with Crippen LogP contribution in [0.2, 0.25) is 0 Å². The van der Waals surface area contributed by atoms with Gasteiger partial charge in [0.2, 0.25) is 5.91 Å². The first-order chi connectivity index (χ1) is 10.2. The smallest absolute Gasteiger partial charge is 0.220 e. The Balaban J connectivity index is 1.87. The molecule has 6 nitrogen and oxygen atoms in total. The molecule has 6 heteroatoms. The van der Waals surface area contributed by atoms with E-state index in [2.05, 4.69) is 15.5 Å². The van der Waals surface area contributed by atoms with Gasteiger partial charge in [0, 0.05) is 25.1 Å². The molecule has 1 amide bonds. The number of rotatable bonds is 7. The van der Waals surface area contributed by atoms with Crippen molar-refractivity contribution in [2.24, 2.45) is 0 Å². The van der Waals surface area contributed by atoms with Crippen molar-refractivity contribution in [3.05, 3.63) is 42.5 Å². The van der Waals surface area contributed by atoms with Gasteiger partial charge in [-0.15, -0.1) is 10.2 Å². The molecule has 0 saturated heterocycles. The lowest BCUT2D eigenvalue weighted by atomic mass is 10.2. The van der Waals surface area contributed by atoms with Gasteiger partial charge in [-0.25, -0.2) is 0 Å². The van der Waals surface area contributed by atoms with Gasteiger partial charge >= 0.3 is 0 Å². The zero-order chi connectivity index (χ0) is 15.1. The molecule has 0 aliphatic carbocycles. The quantitative estimate of drug-likeness (QED) is 0.799. The second-order valence-electron chi connectivity index (χ2n) is 4.94. The van der Waals surface area contributed by atoms with Crippen molar-refractivity contribution >= 4 is 5.91 Å². The van der Waals surface area contributed by atoms with E-state index in [1.165, 1.54) is 0 Å². The molecule has 2 N–H and O–H groups in total. The lowest BCUT2D eigenvalue weighted by Crippen LogP contribution is -2.26. The summed E-state index contributed by atoms with van der Waals surface area (Å²) >= 11 is 0. The van der Waals surface area contributed by atoms with Crippen molar-refractivity contribution in [2.45, 2.75) is 32.3 Å². The van der Waals surface area contributed by atoms with Crippen LogP contribution in [0.25, 0.3) is 5.69 Å². The first-order valence-electron chi connectivity index (χ1n) is 7.06. The van der Waals surface area contributed by atoms with Crippen LogP contribution in [0.1, 0.15) is 25.6 Å². The number of aliphatic hydroxyl groups is 1. The first-order valence-corrected chi connectivity index (χ1v) is 7.06. The van der Waals surface area contributed by atoms with Crippen LogP contribution in [0.4, 0.5) is 0 Å². The summed E-state index contributed by atoms with van der Waals surface area (Å²) in [5, 5.41) is 19.9. The van der Waals surface area contributed by atoms with Crippen LogP contribution in [0.15, 0.2) is 36.7 Å². The minimum Gasteiger partial charge on any atom is -0.393 e. The number of aromatic nitrogens is 3. The molecule has 0 radical (unpaired) electrons. The van der Waals surface area contributed by atoms with Gasteiger partial charge in [0.1, 0.15) is 12.2 Å². The SMILES string of the molecule is CC(O)CCNC(=O)CCc1nncn1-c1ccccc1. The number of nitrogens with one attached hydrogen (secondary N) is 1. The van der Waals surface area contributed by atoms with Gasteiger partial charge in [0.05, 0.1) is 6.10 Å². The Labute approximate surface area is 123 Å². The fourth-order valence-corrected chi connectivity index (χ4v) is 1.97. The highest BCUT2D eigenvalue weighted by atomic mass is 16.3. The fraction of sp³-hybridized carbons (Fsp3) is 0.400. The number of benzene rings is 1. The zero-order valence-electron chi connectivity index (χ0n) is 12.1. The molecule has 1 aromatic carbocycles. The van der Waals surface area contributed by atoms with E-state index in [0.717, 1.165) is 11.5 Å². The van der Waals surface area contributed by atoms with Gasteiger partial charge in [0.15, 0.2) is 0 Å². The predicted octanol–water partition coefficient (Wildman–Crippen LogP) is 1.09. The summed E-state index contributed by atoms with van der Waals surface area (Å²) in [5.41, 5.74) is 0.979. The third-order valence-corrected chi connectivity index (χ3v) is 3.11. The monoisotopic (exact) mass is 288 g/mol. The lowest BCUT2D eigenvalue weighted by molar-refractivity contribution is -0.121. The molecule has 1 unspecified atom stereocenters. The second kappa shape index (κ2) is 7.54. The molecule has 21 heavy (non-hydrogen) atoms. The Bertz CT molecular complexity index is 566. The minimum atomic E-state index is -0.397. The average Bonchev–Trinajstić information content (AvgIpc) is 2.94. The van der Waals surface area contributed by atoms with Gasteiger partial charge in [-0.05, 0) is 25.5 Å². The highest BCUT2D eigenvalue weighted by Gasteiger charge is 2.09. The van der Waals surface area contributed by atoms with Crippen LogP contribution in [0, 0.1) is 0 Å². The van der Waals surface area contributed by atoms with E-state index in [1.807, 2.05) is 34.9 Å². The molecular weight excluding hydrogens is 268 g/mol. The number of carbonyl (C=O) groups excluding carboxylic acids is 1. The number of aliphatic hydroxyl groups excluding tert-OH is 1. The molecule has 112 valence electrons. The summed E-state index contributed by atoms with van der Waals surface area (Å²) in [5.74, 6) is 0.713. The number of carbonyl (C=O) groups is 1. The second-order valence-corrected chi connectivity index (χ2v) is 4.94. The van der Waals surface area contributed by atoms with Crippen molar-refractivity contribution in [1.82, 2.24) is 20.1 Å². The van der Waals surface area contributed by atoms with E-state index >= 15 is 0 Å². The van der Waals surface area contributed by atoms with E-state index < -0.39 is 6.10 Å². The number of hydrogen-bond acceptors (Lipinski definition) is 4. The molecule has 0 fully saturated rings. The minimum absolute atomic E-state index is 0.0433. The van der Waals surface area contributed by atoms with Gasteiger partial charge in [-0.2, -0.15) is 0 Å². The summed E-state index contributed by atoms with van der Waals surface area (Å²) in [6.45, 7) is 2.19. The van der Waals surface area contributed by atoms with E-state index in [1.54, 1.807) is 13.3 Å². The molecule has 1 aromatic heterocycles. The van der Waals surface area contributed by atoms with Gasteiger partial charge in [-0.3, -0.25) is 9.36 Å². The standard InChI is InChI=1S/C15H20N4O2/c1-12(20)9-10-16-15(21)8-7-14-18-17-11-19(14)13-5-3-2-4-6-13/h2-6,11-12,20H,7-10H2,1H3,(H,16,21). The summed E-state index contributed by atoms with van der Waals surface area (Å²) in [4.78, 5) is 11.7. The van der Waals surface area contributed by atoms with Crippen LogP contribution in [-0.4, -0.2) is 38.4 Å². The largest absolute Gasteiger partial charge is 0.393 e. The van der Waals surface area contributed by atoms with Crippen molar-refractivity contribution in [3.63, 3.8) is 0 Å². The van der Waals surface area contributed by atoms with Crippen LogP contribution < -0.4 is 5.32 Å². The Morgan fingerprint density at radius 2 is 2.14 bits per heavy atom. The maximum absolute atomic E-state index is 11.7. The zero-order valence-corrected chi connectivity index (χ0v) is 12.1. The third kappa shape index (κ3) is 4.68. The van der Waals surface area contributed by atoms with Crippen molar-refractivity contribution in [3.8, 4) is 5.69 Å². The van der Waals surface area contributed by atoms with E-state index in [0.29, 0.717) is 25.8 Å². The molecule has 0 saturated carbocycles. The lowest BCUT2D eigenvalue weighted by Gasteiger charge is -2.08. The topological polar surface area (TPSA) is 80.0 Å². The first kappa shape index (κ1) is 15.2. The van der Waals surface area contributed by atoms with Crippen LogP contribution in [-0.2, 0) is 11.2 Å². The van der Waals surface area contributed by atoms with E-state index in [9.17, 15) is 4.79 Å². The maximum Gasteiger partial charge on any atom is 0.220 e. The Kier molecular flexibility index (Phi) is 5.45. The maximum atomic E-state index is 11.7. The molecular formula is C15H20N4O2. The summed E-state index contributed by atoms with van der Waals surface area (Å²) < 4.78 is 1.88. The number of hydrogen-bond donors (Lipinski definition) is 2. The predicted molar refractivity (Wildman–Crippen MR) is 79.0 cm³/mol. The van der Waals surface area contributed by atoms with Gasteiger partial charge in [0.25, 0.3) is 0 Å². The summed E-state index contributed by atoms with van der Waals surface area (Å²) in [6, 6.07) is 9.78. The molecule has 2 rings (SSSR count). The molecule has 0 bridgehead atoms. The average molecular weight is 288 g/mol.